The van der Waals surface area contributed by atoms with E-state index in [9.17, 15) is 14.9 Å². The summed E-state index contributed by atoms with van der Waals surface area (Å²) in [5.41, 5.74) is 0.904. The molecule has 1 aliphatic heterocycles. The number of anilines is 1. The highest BCUT2D eigenvalue weighted by atomic mass is 35.5. The standard InChI is InChI=1S/C18H13Cl3N4O4/c1-9-12(8-22-15-4-3-11(25(27)28)7-16(15)29-2)18(26)24(23-9)17-13(20)5-10(19)6-14(17)21/h3-8,12H,1-2H3. The van der Waals surface area contributed by atoms with Gasteiger partial charge in [-0.05, 0) is 25.1 Å². The summed E-state index contributed by atoms with van der Waals surface area (Å²) in [6.07, 6.45) is 1.39. The van der Waals surface area contributed by atoms with E-state index in [1.54, 1.807) is 6.92 Å². The first-order valence-corrected chi connectivity index (χ1v) is 9.26. The van der Waals surface area contributed by atoms with Crippen LogP contribution >= 0.6 is 34.8 Å². The van der Waals surface area contributed by atoms with Crippen LogP contribution in [0.5, 0.6) is 5.75 Å². The molecule has 0 aromatic heterocycles. The van der Waals surface area contributed by atoms with E-state index >= 15 is 0 Å². The lowest BCUT2D eigenvalue weighted by Crippen LogP contribution is -2.28. The Kier molecular flexibility index (Phi) is 6.07. The molecule has 0 saturated heterocycles. The van der Waals surface area contributed by atoms with Crippen molar-refractivity contribution < 1.29 is 14.5 Å². The number of rotatable bonds is 5. The third-order valence-electron chi connectivity index (χ3n) is 4.11. The van der Waals surface area contributed by atoms with E-state index in [0.717, 1.165) is 5.01 Å². The molecule has 0 saturated carbocycles. The molecular weight excluding hydrogens is 443 g/mol. The Balaban J connectivity index is 1.90. The van der Waals surface area contributed by atoms with Crippen LogP contribution in [0.3, 0.4) is 0 Å². The number of carbonyl (C=O) groups excluding carboxylic acids is 1. The van der Waals surface area contributed by atoms with Crippen LogP contribution in [-0.2, 0) is 4.79 Å². The number of nitrogens with zero attached hydrogens (tertiary/aromatic N) is 4. The Bertz CT molecular complexity index is 1050. The fourth-order valence-electron chi connectivity index (χ4n) is 2.69. The predicted octanol–water partition coefficient (Wildman–Crippen LogP) is 5.30. The summed E-state index contributed by atoms with van der Waals surface area (Å²) in [5.74, 6) is -0.966. The summed E-state index contributed by atoms with van der Waals surface area (Å²) in [4.78, 5) is 27.5. The summed E-state index contributed by atoms with van der Waals surface area (Å²) in [6, 6.07) is 6.91. The molecule has 0 radical (unpaired) electrons. The van der Waals surface area contributed by atoms with E-state index in [0.29, 0.717) is 16.4 Å². The molecule has 0 fully saturated rings. The van der Waals surface area contributed by atoms with E-state index in [4.69, 9.17) is 39.5 Å². The normalized spacial score (nSPS) is 16.4. The van der Waals surface area contributed by atoms with Gasteiger partial charge < -0.3 is 4.74 Å². The minimum Gasteiger partial charge on any atom is -0.494 e. The van der Waals surface area contributed by atoms with Gasteiger partial charge in [0.05, 0.1) is 33.9 Å². The van der Waals surface area contributed by atoms with Crippen molar-refractivity contribution in [3.05, 3.63) is 55.5 Å². The molecule has 3 rings (SSSR count). The number of nitro groups is 1. The largest absolute Gasteiger partial charge is 0.494 e. The number of halogens is 3. The zero-order valence-electron chi connectivity index (χ0n) is 15.1. The van der Waals surface area contributed by atoms with Crippen LogP contribution in [0.15, 0.2) is 40.4 Å². The molecular formula is C18H13Cl3N4O4. The van der Waals surface area contributed by atoms with Crippen LogP contribution in [0.2, 0.25) is 15.1 Å². The lowest BCUT2D eigenvalue weighted by atomic mass is 10.1. The maximum Gasteiger partial charge on any atom is 0.273 e. The van der Waals surface area contributed by atoms with Crippen molar-refractivity contribution in [3.8, 4) is 5.75 Å². The fourth-order valence-corrected chi connectivity index (χ4v) is 3.67. The van der Waals surface area contributed by atoms with Crippen molar-refractivity contribution in [2.24, 2.45) is 16.0 Å². The Hall–Kier alpha value is -2.68. The zero-order chi connectivity index (χ0) is 21.3. The first kappa shape index (κ1) is 21.0. The van der Waals surface area contributed by atoms with Crippen LogP contribution in [0, 0.1) is 16.0 Å². The van der Waals surface area contributed by atoms with Gasteiger partial charge in [-0.1, -0.05) is 34.8 Å². The van der Waals surface area contributed by atoms with Crippen molar-refractivity contribution in [3.63, 3.8) is 0 Å². The molecule has 1 aliphatic rings. The number of methoxy groups -OCH3 is 1. The van der Waals surface area contributed by atoms with Crippen molar-refractivity contribution in [1.29, 1.82) is 0 Å². The Morgan fingerprint density at radius 1 is 1.24 bits per heavy atom. The van der Waals surface area contributed by atoms with Crippen LogP contribution < -0.4 is 9.75 Å². The van der Waals surface area contributed by atoms with Crippen LogP contribution in [-0.4, -0.2) is 29.9 Å². The second-order valence-corrected chi connectivity index (χ2v) is 7.23. The lowest BCUT2D eigenvalue weighted by Gasteiger charge is -2.16. The molecule has 1 amide bonds. The van der Waals surface area contributed by atoms with Gasteiger partial charge in [0.15, 0.2) is 5.75 Å². The molecule has 0 bridgehead atoms. The van der Waals surface area contributed by atoms with Gasteiger partial charge in [-0.2, -0.15) is 10.1 Å². The number of carbonyl (C=O) groups is 1. The third kappa shape index (κ3) is 4.19. The van der Waals surface area contributed by atoms with E-state index < -0.39 is 16.7 Å². The monoisotopic (exact) mass is 454 g/mol. The molecule has 2 aromatic rings. The Labute approximate surface area is 180 Å². The highest BCUT2D eigenvalue weighted by molar-refractivity contribution is 6.43. The molecule has 11 heteroatoms. The molecule has 1 atom stereocenters. The van der Waals surface area contributed by atoms with E-state index in [1.165, 1.54) is 43.7 Å². The van der Waals surface area contributed by atoms with Gasteiger partial charge in [0, 0.05) is 17.3 Å². The van der Waals surface area contributed by atoms with Crippen LogP contribution in [0.25, 0.3) is 0 Å². The summed E-state index contributed by atoms with van der Waals surface area (Å²) < 4.78 is 5.15. The summed E-state index contributed by atoms with van der Waals surface area (Å²) in [5, 5.41) is 16.9. The van der Waals surface area contributed by atoms with Gasteiger partial charge in [0.25, 0.3) is 11.6 Å². The molecule has 1 heterocycles. The van der Waals surface area contributed by atoms with Gasteiger partial charge >= 0.3 is 0 Å². The number of amides is 1. The van der Waals surface area contributed by atoms with Gasteiger partial charge in [-0.3, -0.25) is 19.9 Å². The van der Waals surface area contributed by atoms with Gasteiger partial charge in [-0.15, -0.1) is 0 Å². The number of benzene rings is 2. The SMILES string of the molecule is COc1cc([N+](=O)[O-])ccc1N=CC1C(=O)N(c2c(Cl)cc(Cl)cc2Cl)N=C1C. The fraction of sp³-hybridized carbons (Fsp3) is 0.167. The van der Waals surface area contributed by atoms with Gasteiger partial charge in [0.2, 0.25) is 0 Å². The molecule has 0 spiro atoms. The number of hydrogen-bond donors (Lipinski definition) is 0. The summed E-state index contributed by atoms with van der Waals surface area (Å²) >= 11 is 18.3. The van der Waals surface area contributed by atoms with Crippen molar-refractivity contribution >= 4 is 69.7 Å². The van der Waals surface area contributed by atoms with E-state index in [1.807, 2.05) is 0 Å². The maximum absolute atomic E-state index is 12.9. The molecule has 0 N–H and O–H groups in total. The second-order valence-electron chi connectivity index (χ2n) is 5.98. The zero-order valence-corrected chi connectivity index (χ0v) is 17.4. The van der Waals surface area contributed by atoms with E-state index in [2.05, 4.69) is 10.1 Å². The van der Waals surface area contributed by atoms with Crippen molar-refractivity contribution in [2.45, 2.75) is 6.92 Å². The molecule has 1 unspecified atom stereocenters. The van der Waals surface area contributed by atoms with Gasteiger partial charge in [0.1, 0.15) is 17.3 Å². The molecule has 29 heavy (non-hydrogen) atoms. The number of aliphatic imine (C=N–C) groups is 1. The number of ether oxygens (including phenoxy) is 1. The lowest BCUT2D eigenvalue weighted by molar-refractivity contribution is -0.384. The number of hydrazone groups is 1. The first-order valence-electron chi connectivity index (χ1n) is 8.13. The average molecular weight is 456 g/mol. The van der Waals surface area contributed by atoms with Gasteiger partial charge in [-0.25, -0.2) is 0 Å². The van der Waals surface area contributed by atoms with Crippen molar-refractivity contribution in [2.75, 3.05) is 12.1 Å². The van der Waals surface area contributed by atoms with Crippen molar-refractivity contribution in [1.82, 2.24) is 0 Å². The highest BCUT2D eigenvalue weighted by Gasteiger charge is 2.35. The predicted molar refractivity (Wildman–Crippen MR) is 113 cm³/mol. The average Bonchev–Trinajstić information content (AvgIpc) is 2.92. The quantitative estimate of drug-likeness (QED) is 0.347. The van der Waals surface area contributed by atoms with Crippen LogP contribution in [0.4, 0.5) is 17.1 Å². The third-order valence-corrected chi connectivity index (χ3v) is 4.91. The van der Waals surface area contributed by atoms with E-state index in [-0.39, 0.29) is 27.2 Å². The number of non-ortho nitro benzene ring substituents is 1. The molecule has 150 valence electrons. The Morgan fingerprint density at radius 2 is 1.90 bits per heavy atom. The molecule has 0 aliphatic carbocycles. The topological polar surface area (TPSA) is 97.4 Å². The number of nitro benzene ring substituents is 1. The maximum atomic E-state index is 12.9. The molecule has 2 aromatic carbocycles. The smallest absolute Gasteiger partial charge is 0.273 e. The first-order chi connectivity index (χ1) is 13.7. The highest BCUT2D eigenvalue weighted by Crippen LogP contribution is 2.39. The summed E-state index contributed by atoms with van der Waals surface area (Å²) in [6.45, 7) is 1.67. The Morgan fingerprint density at radius 3 is 2.48 bits per heavy atom. The minimum absolute atomic E-state index is 0.131. The second kappa shape index (κ2) is 8.36. The molecule has 8 nitrogen and oxygen atoms in total. The number of hydrogen-bond acceptors (Lipinski definition) is 6. The van der Waals surface area contributed by atoms with Crippen LogP contribution in [0.1, 0.15) is 6.92 Å². The summed E-state index contributed by atoms with van der Waals surface area (Å²) in [7, 11) is 1.37. The minimum atomic E-state index is -0.766.